The standard InChI is InChI=1S/C8H10.C6H5NO2/c1-7-4-3-5-8(2)6-7;8-7(9)6-4-2-1-3-5-6/h3-6H,1-2H3;1-5H. The van der Waals surface area contributed by atoms with Gasteiger partial charge in [-0.15, -0.1) is 0 Å². The first-order valence-electron chi connectivity index (χ1n) is 5.32. The molecule has 0 aliphatic rings. The second-order valence-electron chi connectivity index (χ2n) is 3.75. The third-order valence-electron chi connectivity index (χ3n) is 2.14. The molecule has 0 aliphatic carbocycles. The molecule has 0 atom stereocenters. The number of nitrogens with zero attached hydrogens (tertiary/aromatic N) is 1. The van der Waals surface area contributed by atoms with Gasteiger partial charge in [0.25, 0.3) is 5.69 Å². The first-order chi connectivity index (χ1) is 8.09. The molecule has 0 amide bonds. The maximum absolute atomic E-state index is 10.0. The number of nitro benzene ring substituents is 1. The number of hydrogen-bond acceptors (Lipinski definition) is 2. The second-order valence-corrected chi connectivity index (χ2v) is 3.75. The Kier molecular flexibility index (Phi) is 4.88. The van der Waals surface area contributed by atoms with Gasteiger partial charge in [0.05, 0.1) is 4.92 Å². The summed E-state index contributed by atoms with van der Waals surface area (Å²) < 4.78 is 0. The molecule has 0 radical (unpaired) electrons. The fourth-order valence-electron chi connectivity index (χ4n) is 1.36. The zero-order chi connectivity index (χ0) is 12.7. The monoisotopic (exact) mass is 229 g/mol. The third-order valence-corrected chi connectivity index (χ3v) is 2.14. The summed E-state index contributed by atoms with van der Waals surface area (Å²) in [6, 6.07) is 16.4. The summed E-state index contributed by atoms with van der Waals surface area (Å²) in [4.78, 5) is 9.59. The van der Waals surface area contributed by atoms with Gasteiger partial charge in [-0.1, -0.05) is 53.6 Å². The average Bonchev–Trinajstić information content (AvgIpc) is 2.30. The van der Waals surface area contributed by atoms with Crippen molar-refractivity contribution < 1.29 is 4.92 Å². The van der Waals surface area contributed by atoms with Gasteiger partial charge in [0.1, 0.15) is 0 Å². The Morgan fingerprint density at radius 1 is 0.882 bits per heavy atom. The van der Waals surface area contributed by atoms with Crippen LogP contribution < -0.4 is 0 Å². The Bertz CT molecular complexity index is 463. The number of hydrogen-bond donors (Lipinski definition) is 0. The van der Waals surface area contributed by atoms with Gasteiger partial charge in [-0.25, -0.2) is 0 Å². The molecule has 2 aromatic rings. The fraction of sp³-hybridized carbons (Fsp3) is 0.143. The Morgan fingerprint density at radius 3 is 1.71 bits per heavy atom. The molecule has 0 unspecified atom stereocenters. The topological polar surface area (TPSA) is 43.1 Å². The average molecular weight is 229 g/mol. The molecule has 3 nitrogen and oxygen atoms in total. The Hall–Kier alpha value is -2.16. The SMILES string of the molecule is Cc1cccc(C)c1.O=[N+]([O-])c1ccccc1. The molecule has 0 spiro atoms. The Labute approximate surface area is 101 Å². The molecule has 0 aliphatic heterocycles. The summed E-state index contributed by atoms with van der Waals surface area (Å²) >= 11 is 0. The minimum atomic E-state index is -0.417. The van der Waals surface area contributed by atoms with Crippen LogP contribution in [-0.2, 0) is 0 Å². The quantitative estimate of drug-likeness (QED) is 0.549. The minimum absolute atomic E-state index is 0.137. The van der Waals surface area contributed by atoms with E-state index < -0.39 is 4.92 Å². The number of para-hydroxylation sites is 1. The van der Waals surface area contributed by atoms with Crippen LogP contribution in [0.25, 0.3) is 0 Å². The fourth-order valence-corrected chi connectivity index (χ4v) is 1.36. The molecule has 0 heterocycles. The first kappa shape index (κ1) is 12.9. The number of benzene rings is 2. The van der Waals surface area contributed by atoms with Crippen molar-refractivity contribution in [2.24, 2.45) is 0 Å². The van der Waals surface area contributed by atoms with Crippen LogP contribution in [0.15, 0.2) is 54.6 Å². The van der Waals surface area contributed by atoms with Crippen molar-refractivity contribution >= 4 is 5.69 Å². The highest BCUT2D eigenvalue weighted by Gasteiger charge is 1.98. The highest BCUT2D eigenvalue weighted by atomic mass is 16.6. The zero-order valence-electron chi connectivity index (χ0n) is 9.96. The summed E-state index contributed by atoms with van der Waals surface area (Å²) in [6.07, 6.45) is 0. The van der Waals surface area contributed by atoms with Crippen molar-refractivity contribution in [1.82, 2.24) is 0 Å². The van der Waals surface area contributed by atoms with Crippen molar-refractivity contribution in [2.45, 2.75) is 13.8 Å². The van der Waals surface area contributed by atoms with E-state index in [0.717, 1.165) is 0 Å². The highest BCUT2D eigenvalue weighted by Crippen LogP contribution is 2.06. The molecule has 88 valence electrons. The number of nitro groups is 1. The first-order valence-corrected chi connectivity index (χ1v) is 5.32. The lowest BCUT2D eigenvalue weighted by molar-refractivity contribution is -0.384. The second kappa shape index (κ2) is 6.43. The van der Waals surface area contributed by atoms with Gasteiger partial charge in [-0.2, -0.15) is 0 Å². The van der Waals surface area contributed by atoms with E-state index in [-0.39, 0.29) is 5.69 Å². The van der Waals surface area contributed by atoms with Crippen molar-refractivity contribution in [2.75, 3.05) is 0 Å². The van der Waals surface area contributed by atoms with Gasteiger partial charge in [0, 0.05) is 12.1 Å². The van der Waals surface area contributed by atoms with Crippen LogP contribution in [-0.4, -0.2) is 4.92 Å². The van der Waals surface area contributed by atoms with E-state index in [1.807, 2.05) is 0 Å². The summed E-state index contributed by atoms with van der Waals surface area (Å²) in [6.45, 7) is 4.21. The van der Waals surface area contributed by atoms with Gasteiger partial charge < -0.3 is 0 Å². The van der Waals surface area contributed by atoms with Crippen molar-refractivity contribution in [3.05, 3.63) is 75.8 Å². The van der Waals surface area contributed by atoms with Crippen molar-refractivity contribution in [1.29, 1.82) is 0 Å². The van der Waals surface area contributed by atoms with E-state index >= 15 is 0 Å². The molecule has 2 aromatic carbocycles. The predicted molar refractivity (Wildman–Crippen MR) is 69.0 cm³/mol. The summed E-state index contributed by atoms with van der Waals surface area (Å²) in [5.41, 5.74) is 2.81. The summed E-state index contributed by atoms with van der Waals surface area (Å²) in [5, 5.41) is 10.0. The third kappa shape index (κ3) is 4.93. The molecule has 0 fully saturated rings. The van der Waals surface area contributed by atoms with Gasteiger partial charge in [-0.05, 0) is 13.8 Å². The summed E-state index contributed by atoms with van der Waals surface area (Å²) in [7, 11) is 0. The predicted octanol–water partition coefficient (Wildman–Crippen LogP) is 3.90. The largest absolute Gasteiger partial charge is 0.269 e. The maximum Gasteiger partial charge on any atom is 0.269 e. The lowest BCUT2D eigenvalue weighted by Crippen LogP contribution is -1.84. The van der Waals surface area contributed by atoms with E-state index in [0.29, 0.717) is 0 Å². The van der Waals surface area contributed by atoms with Crippen LogP contribution in [0.2, 0.25) is 0 Å². The molecule has 17 heavy (non-hydrogen) atoms. The smallest absolute Gasteiger partial charge is 0.258 e. The molecule has 0 aromatic heterocycles. The minimum Gasteiger partial charge on any atom is -0.258 e. The van der Waals surface area contributed by atoms with E-state index in [4.69, 9.17) is 0 Å². The van der Waals surface area contributed by atoms with E-state index in [2.05, 4.69) is 38.1 Å². The normalized spacial score (nSPS) is 9.06. The Morgan fingerprint density at radius 2 is 1.41 bits per heavy atom. The van der Waals surface area contributed by atoms with Crippen molar-refractivity contribution in [3.8, 4) is 0 Å². The van der Waals surface area contributed by atoms with Gasteiger partial charge >= 0.3 is 0 Å². The van der Waals surface area contributed by atoms with E-state index in [9.17, 15) is 10.1 Å². The number of rotatable bonds is 1. The van der Waals surface area contributed by atoms with Crippen LogP contribution in [0.3, 0.4) is 0 Å². The highest BCUT2D eigenvalue weighted by molar-refractivity contribution is 5.28. The van der Waals surface area contributed by atoms with Gasteiger partial charge in [0.15, 0.2) is 0 Å². The van der Waals surface area contributed by atoms with Gasteiger partial charge in [0.2, 0.25) is 0 Å². The lowest BCUT2D eigenvalue weighted by Gasteiger charge is -1.90. The molecular weight excluding hydrogens is 214 g/mol. The number of aryl methyl sites for hydroxylation is 2. The number of non-ortho nitro benzene ring substituents is 1. The van der Waals surface area contributed by atoms with E-state index in [1.165, 1.54) is 23.3 Å². The molecule has 0 saturated heterocycles. The molecule has 0 bridgehead atoms. The van der Waals surface area contributed by atoms with Crippen LogP contribution in [0.4, 0.5) is 5.69 Å². The van der Waals surface area contributed by atoms with Crippen LogP contribution in [0, 0.1) is 24.0 Å². The van der Waals surface area contributed by atoms with Crippen LogP contribution in [0.5, 0.6) is 0 Å². The van der Waals surface area contributed by atoms with Crippen LogP contribution in [0.1, 0.15) is 11.1 Å². The zero-order valence-corrected chi connectivity index (χ0v) is 9.96. The molecule has 0 saturated carbocycles. The molecular formula is C14H15NO2. The molecule has 2 rings (SSSR count). The lowest BCUT2D eigenvalue weighted by atomic mass is 10.2. The van der Waals surface area contributed by atoms with Gasteiger partial charge in [-0.3, -0.25) is 10.1 Å². The molecule has 0 N–H and O–H groups in total. The maximum atomic E-state index is 10.0. The molecule has 3 heteroatoms. The van der Waals surface area contributed by atoms with Crippen molar-refractivity contribution in [3.63, 3.8) is 0 Å². The Balaban J connectivity index is 0.000000171. The summed E-state index contributed by atoms with van der Waals surface area (Å²) in [5.74, 6) is 0. The van der Waals surface area contributed by atoms with E-state index in [1.54, 1.807) is 18.2 Å². The van der Waals surface area contributed by atoms with Crippen LogP contribution >= 0.6 is 0 Å².